The Balaban J connectivity index is 0.000000128. The van der Waals surface area contributed by atoms with Crippen LogP contribution in [0.4, 0.5) is 23.0 Å². The van der Waals surface area contributed by atoms with Crippen LogP contribution >= 0.6 is 11.6 Å². The third-order valence-electron chi connectivity index (χ3n) is 22.3. The molecule has 0 unspecified atom stereocenters. The zero-order valence-electron chi connectivity index (χ0n) is 58.0. The van der Waals surface area contributed by atoms with Gasteiger partial charge < -0.3 is 51.5 Å². The summed E-state index contributed by atoms with van der Waals surface area (Å²) in [5, 5.41) is 0.409. The molecule has 20 nitrogen and oxygen atoms in total. The number of nitrogens with two attached hydrogens (primary N) is 4. The van der Waals surface area contributed by atoms with Gasteiger partial charge in [-0.3, -0.25) is 18.9 Å². The van der Waals surface area contributed by atoms with Crippen molar-refractivity contribution in [2.45, 2.75) is 126 Å². The van der Waals surface area contributed by atoms with Crippen LogP contribution in [-0.4, -0.2) is 158 Å². The van der Waals surface area contributed by atoms with Crippen LogP contribution in [0.15, 0.2) is 158 Å². The molecule has 0 atom stereocenters. The summed E-state index contributed by atoms with van der Waals surface area (Å²) >= 11 is 6.17. The molecule has 0 radical (unpaired) electrons. The van der Waals surface area contributed by atoms with E-state index in [9.17, 15) is 0 Å². The number of hydrogen-bond acceptors (Lipinski definition) is 18. The van der Waals surface area contributed by atoms with E-state index < -0.39 is 0 Å². The zero-order chi connectivity index (χ0) is 68.8. The normalized spacial score (nSPS) is 20.1. The van der Waals surface area contributed by atoms with Gasteiger partial charge in [0.1, 0.15) is 27.8 Å². The molecule has 0 amide bonds. The first-order valence-electron chi connectivity index (χ1n) is 35.8. The Morgan fingerprint density at radius 2 is 0.920 bits per heavy atom. The summed E-state index contributed by atoms with van der Waals surface area (Å²) in [6.45, 7) is 20.5. The van der Waals surface area contributed by atoms with E-state index >= 15 is 0 Å². The van der Waals surface area contributed by atoms with Crippen LogP contribution in [0, 0.1) is 0 Å². The minimum atomic E-state index is -0.301. The molecule has 518 valence electrons. The van der Waals surface area contributed by atoms with Gasteiger partial charge in [0.05, 0.1) is 54.5 Å². The van der Waals surface area contributed by atoms with Gasteiger partial charge in [0.2, 0.25) is 0 Å². The molecule has 0 spiro atoms. The fourth-order valence-electron chi connectivity index (χ4n) is 15.3. The van der Waals surface area contributed by atoms with Crippen LogP contribution in [0.5, 0.6) is 0 Å². The highest BCUT2D eigenvalue weighted by molar-refractivity contribution is 6.62. The van der Waals surface area contributed by atoms with Crippen LogP contribution in [-0.2, 0) is 29.9 Å². The maximum absolute atomic E-state index is 6.65. The predicted octanol–water partition coefficient (Wildman–Crippen LogP) is 11.7. The van der Waals surface area contributed by atoms with Crippen LogP contribution in [0.25, 0.3) is 67.7 Å². The maximum atomic E-state index is 6.65. The van der Waals surface area contributed by atoms with E-state index in [1.807, 2.05) is 47.0 Å². The summed E-state index contributed by atoms with van der Waals surface area (Å²) in [6, 6.07) is 50.9. The van der Waals surface area contributed by atoms with Crippen molar-refractivity contribution in [2.24, 2.45) is 11.5 Å². The summed E-state index contributed by atoms with van der Waals surface area (Å²) < 4.78 is 27.6. The Hall–Kier alpha value is -8.35. The molecular formula is C78H92BClN16O4. The van der Waals surface area contributed by atoms with E-state index in [1.165, 1.54) is 55.5 Å². The lowest BCUT2D eigenvalue weighted by Crippen LogP contribution is -2.49. The van der Waals surface area contributed by atoms with Crippen LogP contribution in [0.3, 0.4) is 0 Å². The van der Waals surface area contributed by atoms with Gasteiger partial charge in [0.15, 0.2) is 22.9 Å². The second-order valence-electron chi connectivity index (χ2n) is 29.0. The van der Waals surface area contributed by atoms with E-state index in [-0.39, 0.29) is 29.4 Å². The van der Waals surface area contributed by atoms with Gasteiger partial charge in [-0.1, -0.05) is 60.1 Å². The lowest BCUT2D eigenvalue weighted by Gasteiger charge is -2.41. The third kappa shape index (κ3) is 13.7. The van der Waals surface area contributed by atoms with E-state index in [1.54, 1.807) is 18.5 Å². The molecule has 17 rings (SSSR count). The Bertz CT molecular complexity index is 4500. The molecule has 2 saturated carbocycles. The molecule has 0 bridgehead atoms. The van der Waals surface area contributed by atoms with E-state index in [4.69, 9.17) is 68.3 Å². The minimum Gasteiger partial charge on any atom is -0.399 e. The number of pyridine rings is 4. The number of ether oxygens (including phenoxy) is 2. The lowest BCUT2D eigenvalue weighted by molar-refractivity contribution is 0.00578. The maximum Gasteiger partial charge on any atom is 0.494 e. The van der Waals surface area contributed by atoms with Gasteiger partial charge in [-0.2, -0.15) is 0 Å². The number of benzene rings is 4. The number of nitrogens with zero attached hydrogens (tertiary/aromatic N) is 12. The molecule has 7 aliphatic rings. The Kier molecular flexibility index (Phi) is 19.1. The molecule has 8 N–H and O–H groups in total. The number of halogens is 1. The number of aromatic nitrogens is 8. The number of fused-ring (bicyclic) bond motifs is 2. The van der Waals surface area contributed by atoms with Crippen molar-refractivity contribution in [1.29, 1.82) is 0 Å². The highest BCUT2D eigenvalue weighted by Crippen LogP contribution is 2.43. The summed E-state index contributed by atoms with van der Waals surface area (Å²) in [4.78, 5) is 38.3. The van der Waals surface area contributed by atoms with Gasteiger partial charge >= 0.3 is 7.12 Å². The smallest absolute Gasteiger partial charge is 0.399 e. The van der Waals surface area contributed by atoms with E-state index in [2.05, 4.69) is 164 Å². The van der Waals surface area contributed by atoms with Gasteiger partial charge in [-0.05, 0) is 206 Å². The fraction of sp³-hybridized carbons (Fsp3) is 0.410. The second-order valence-corrected chi connectivity index (χ2v) is 29.4. The van der Waals surface area contributed by atoms with Crippen molar-refractivity contribution in [3.8, 4) is 45.4 Å². The number of morpholine rings is 2. The summed E-state index contributed by atoms with van der Waals surface area (Å²) in [6.07, 6.45) is 14.6. The molecule has 22 heteroatoms. The predicted molar refractivity (Wildman–Crippen MR) is 400 cm³/mol. The van der Waals surface area contributed by atoms with Crippen LogP contribution < -0.4 is 38.2 Å². The molecule has 2 aliphatic carbocycles. The van der Waals surface area contributed by atoms with Gasteiger partial charge in [-0.25, -0.2) is 29.9 Å². The van der Waals surface area contributed by atoms with E-state index in [0.717, 1.165) is 172 Å². The molecule has 5 aliphatic heterocycles. The van der Waals surface area contributed by atoms with Gasteiger partial charge in [0, 0.05) is 116 Å². The highest BCUT2D eigenvalue weighted by atomic mass is 35.5. The first kappa shape index (κ1) is 67.5. The number of rotatable bonds is 12. The summed E-state index contributed by atoms with van der Waals surface area (Å²) in [5.41, 5.74) is 38.9. The average molecular weight is 1360 g/mol. The largest absolute Gasteiger partial charge is 0.494 e. The Morgan fingerprint density at radius 1 is 0.470 bits per heavy atom. The van der Waals surface area contributed by atoms with Crippen molar-refractivity contribution < 1.29 is 18.8 Å². The Morgan fingerprint density at radius 3 is 1.38 bits per heavy atom. The summed E-state index contributed by atoms with van der Waals surface area (Å²) in [5.74, 6) is 2.24. The topological polar surface area (TPSA) is 241 Å². The van der Waals surface area contributed by atoms with Crippen molar-refractivity contribution in [1.82, 2.24) is 48.8 Å². The average Bonchev–Trinajstić information content (AvgIpc) is 1.45. The van der Waals surface area contributed by atoms with Crippen LogP contribution in [0.1, 0.15) is 103 Å². The standard InChI is InChI=1S/C36H40N8O.C21H33BN2O3.C21H19ClN6/c37-33-30(6-2-17-39-33)34-41-32-12-11-31(40-35(32)44(34)28-9-7-26(8-10-28)36(38)15-3-16-36)25-4-1-5-29(24-25)42-18-13-27(14-19-42)43-20-22-45-23-21-43;1-20(2)21(3,4)27-22(26-20)17-6-5-7-19(16-17)23-10-8-18(9-11-23)24-12-14-25-15-13-24;22-17-9-8-16-20(27-17)28(19(26-16)15-3-1-12-25-18(15)23)14-6-4-13(5-7-14)21(24)10-2-11-21/h1-2,4-12,17,24,27H,3,13-16,18-23,38H2,(H2,37,39);5-7,16,18H,8-15H2,1-4H3;1,3-9,12H,2,10-11,24H2,(H2,23,25). The van der Waals surface area contributed by atoms with Crippen molar-refractivity contribution in [3.05, 3.63) is 174 Å². The van der Waals surface area contributed by atoms with Crippen molar-refractivity contribution in [2.75, 3.05) is 100 Å². The molecule has 11 heterocycles. The zero-order valence-corrected chi connectivity index (χ0v) is 58.7. The minimum absolute atomic E-state index is 0.201. The monoisotopic (exact) mass is 1360 g/mol. The molecule has 10 aromatic rings. The fourth-order valence-corrected chi connectivity index (χ4v) is 15.4. The van der Waals surface area contributed by atoms with Crippen molar-refractivity contribution in [3.63, 3.8) is 0 Å². The molecular weight excluding hydrogens is 1270 g/mol. The molecule has 5 saturated heterocycles. The molecule has 100 heavy (non-hydrogen) atoms. The van der Waals surface area contributed by atoms with E-state index in [0.29, 0.717) is 40.3 Å². The number of nitrogen functional groups attached to an aromatic ring is 2. The first-order valence-corrected chi connectivity index (χ1v) is 36.2. The number of imidazole rings is 2. The lowest BCUT2D eigenvalue weighted by atomic mass is 9.73. The first-order chi connectivity index (χ1) is 48.5. The van der Waals surface area contributed by atoms with Crippen molar-refractivity contribution >= 4 is 69.5 Å². The Labute approximate surface area is 591 Å². The third-order valence-corrected chi connectivity index (χ3v) is 22.6. The number of piperidine rings is 2. The quantitative estimate of drug-likeness (QED) is 0.0656. The summed E-state index contributed by atoms with van der Waals surface area (Å²) in [7, 11) is -0.291. The molecule has 7 fully saturated rings. The molecule has 6 aromatic heterocycles. The molecule has 4 aromatic carbocycles. The van der Waals surface area contributed by atoms with Crippen LogP contribution in [0.2, 0.25) is 5.15 Å². The number of anilines is 4. The SMILES string of the molecule is CC1(C)OB(c2cccc(N3CCC(N4CCOCC4)CC3)c2)OC1(C)C.Nc1ncccc1-c1nc2ccc(-c3cccc(N4CCC(N5CCOCC5)CC4)c3)nc2n1-c1ccc(C2(N)CCC2)cc1.Nc1ncccc1-c1nc2ccc(Cl)nc2n1-c1ccc(C2(N)CCC2)cc1. The van der Waals surface area contributed by atoms with Gasteiger partial charge in [0.25, 0.3) is 0 Å². The van der Waals surface area contributed by atoms with Gasteiger partial charge in [-0.15, -0.1) is 0 Å². The number of hydrogen-bond donors (Lipinski definition) is 4. The highest BCUT2D eigenvalue weighted by Gasteiger charge is 2.52. The second kappa shape index (κ2) is 28.2.